The topological polar surface area (TPSA) is 76.0 Å². The normalized spacial score (nSPS) is 11.5. The van der Waals surface area contributed by atoms with E-state index in [0.717, 1.165) is 6.20 Å². The first-order valence-electron chi connectivity index (χ1n) is 8.08. The molecule has 6 nitrogen and oxygen atoms in total. The van der Waals surface area contributed by atoms with Gasteiger partial charge in [0.2, 0.25) is 5.91 Å². The zero-order valence-corrected chi connectivity index (χ0v) is 15.4. The van der Waals surface area contributed by atoms with Gasteiger partial charge in [0.25, 0.3) is 5.91 Å². The standard InChI is InChI=1S/C17H18ClF3N4O2/c1-10(2)15(26)22-6-7-23-16(27)13-9-24-25(14(13)17(19,20)21)12-5-3-4-11(18)8-12/h3-5,8-10H,6-7H2,1-2H3,(H,22,26)(H,23,27). The molecular formula is C17H18ClF3N4O2. The third kappa shape index (κ3) is 5.22. The van der Waals surface area contributed by atoms with Crippen LogP contribution in [0.25, 0.3) is 5.69 Å². The van der Waals surface area contributed by atoms with Gasteiger partial charge in [-0.25, -0.2) is 4.68 Å². The van der Waals surface area contributed by atoms with Crippen LogP contribution in [0.3, 0.4) is 0 Å². The molecule has 0 saturated heterocycles. The number of alkyl halides is 3. The van der Waals surface area contributed by atoms with E-state index < -0.39 is 23.3 Å². The maximum absolute atomic E-state index is 13.5. The second-order valence-corrected chi connectivity index (χ2v) is 6.43. The van der Waals surface area contributed by atoms with Gasteiger partial charge in [-0.05, 0) is 18.2 Å². The molecule has 0 aliphatic heterocycles. The summed E-state index contributed by atoms with van der Waals surface area (Å²) in [6.07, 6.45) is -3.96. The summed E-state index contributed by atoms with van der Waals surface area (Å²) in [4.78, 5) is 23.6. The molecule has 27 heavy (non-hydrogen) atoms. The van der Waals surface area contributed by atoms with Gasteiger partial charge in [0.05, 0.1) is 17.4 Å². The Morgan fingerprint density at radius 2 is 1.89 bits per heavy atom. The number of carbonyl (C=O) groups is 2. The molecule has 0 radical (unpaired) electrons. The summed E-state index contributed by atoms with van der Waals surface area (Å²) in [5, 5.41) is 8.85. The lowest BCUT2D eigenvalue weighted by Gasteiger charge is -2.13. The van der Waals surface area contributed by atoms with Gasteiger partial charge in [-0.1, -0.05) is 31.5 Å². The summed E-state index contributed by atoms with van der Waals surface area (Å²) in [6.45, 7) is 3.49. The highest BCUT2D eigenvalue weighted by atomic mass is 35.5. The van der Waals surface area contributed by atoms with Gasteiger partial charge in [0, 0.05) is 24.0 Å². The number of amides is 2. The van der Waals surface area contributed by atoms with Crippen molar-refractivity contribution in [3.63, 3.8) is 0 Å². The summed E-state index contributed by atoms with van der Waals surface area (Å²) < 4.78 is 41.2. The minimum atomic E-state index is -4.81. The Kier molecular flexibility index (Phi) is 6.48. The maximum Gasteiger partial charge on any atom is 0.434 e. The Morgan fingerprint density at radius 3 is 2.48 bits per heavy atom. The number of rotatable bonds is 6. The van der Waals surface area contributed by atoms with Gasteiger partial charge >= 0.3 is 6.18 Å². The van der Waals surface area contributed by atoms with Crippen LogP contribution in [-0.2, 0) is 11.0 Å². The van der Waals surface area contributed by atoms with Crippen LogP contribution in [0.2, 0.25) is 5.02 Å². The lowest BCUT2D eigenvalue weighted by atomic mass is 10.2. The number of nitrogens with one attached hydrogen (secondary N) is 2. The Balaban J connectivity index is 2.19. The van der Waals surface area contributed by atoms with Crippen molar-refractivity contribution in [2.24, 2.45) is 5.92 Å². The van der Waals surface area contributed by atoms with E-state index in [0.29, 0.717) is 4.68 Å². The van der Waals surface area contributed by atoms with Crippen molar-refractivity contribution in [2.75, 3.05) is 13.1 Å². The van der Waals surface area contributed by atoms with Crippen molar-refractivity contribution >= 4 is 23.4 Å². The summed E-state index contributed by atoms with van der Waals surface area (Å²) in [5.41, 5.74) is -1.73. The Hall–Kier alpha value is -2.55. The molecule has 2 amide bonds. The van der Waals surface area contributed by atoms with Gasteiger partial charge < -0.3 is 10.6 Å². The van der Waals surface area contributed by atoms with Crippen LogP contribution in [0, 0.1) is 5.92 Å². The quantitative estimate of drug-likeness (QED) is 0.729. The summed E-state index contributed by atoms with van der Waals surface area (Å²) in [6, 6.07) is 5.71. The fourth-order valence-corrected chi connectivity index (χ4v) is 2.44. The fraction of sp³-hybridized carbons (Fsp3) is 0.353. The van der Waals surface area contributed by atoms with Crippen molar-refractivity contribution in [3.05, 3.63) is 46.7 Å². The van der Waals surface area contributed by atoms with Crippen LogP contribution in [0.5, 0.6) is 0 Å². The number of carbonyl (C=O) groups excluding carboxylic acids is 2. The molecule has 10 heteroatoms. The van der Waals surface area contributed by atoms with E-state index in [4.69, 9.17) is 11.6 Å². The molecule has 0 atom stereocenters. The number of nitrogens with zero attached hydrogens (tertiary/aromatic N) is 2. The van der Waals surface area contributed by atoms with Crippen LogP contribution < -0.4 is 10.6 Å². The van der Waals surface area contributed by atoms with E-state index in [1.54, 1.807) is 13.8 Å². The SMILES string of the molecule is CC(C)C(=O)NCCNC(=O)c1cnn(-c2cccc(Cl)c2)c1C(F)(F)F. The minimum Gasteiger partial charge on any atom is -0.354 e. The summed E-state index contributed by atoms with van der Waals surface area (Å²) >= 11 is 5.83. The number of benzene rings is 1. The first-order chi connectivity index (χ1) is 12.6. The molecule has 1 aromatic carbocycles. The summed E-state index contributed by atoms with van der Waals surface area (Å²) in [5.74, 6) is -1.38. The second kappa shape index (κ2) is 8.43. The van der Waals surface area contributed by atoms with Crippen molar-refractivity contribution < 1.29 is 22.8 Å². The van der Waals surface area contributed by atoms with E-state index in [-0.39, 0.29) is 35.6 Å². The summed E-state index contributed by atoms with van der Waals surface area (Å²) in [7, 11) is 0. The molecule has 2 rings (SSSR count). The average molecular weight is 403 g/mol. The highest BCUT2D eigenvalue weighted by molar-refractivity contribution is 6.30. The van der Waals surface area contributed by atoms with E-state index in [1.807, 2.05) is 0 Å². The van der Waals surface area contributed by atoms with E-state index in [2.05, 4.69) is 15.7 Å². The van der Waals surface area contributed by atoms with Gasteiger partial charge in [0.15, 0.2) is 5.69 Å². The molecule has 0 saturated carbocycles. The molecule has 2 aromatic rings. The first-order valence-corrected chi connectivity index (χ1v) is 8.46. The van der Waals surface area contributed by atoms with Crippen molar-refractivity contribution in [1.82, 2.24) is 20.4 Å². The third-order valence-electron chi connectivity index (χ3n) is 3.57. The van der Waals surface area contributed by atoms with Crippen LogP contribution in [-0.4, -0.2) is 34.7 Å². The Labute approximate surface area is 158 Å². The Bertz CT molecular complexity index is 834. The predicted molar refractivity (Wildman–Crippen MR) is 93.8 cm³/mol. The molecule has 0 aliphatic rings. The van der Waals surface area contributed by atoms with E-state index in [9.17, 15) is 22.8 Å². The number of halogens is 4. The predicted octanol–water partition coefficient (Wildman–Crippen LogP) is 3.05. The second-order valence-electron chi connectivity index (χ2n) is 6.00. The minimum absolute atomic E-state index is 0.0169. The molecule has 0 aliphatic carbocycles. The molecule has 0 fully saturated rings. The zero-order chi connectivity index (χ0) is 20.2. The molecule has 0 unspecified atom stereocenters. The molecule has 1 aromatic heterocycles. The fourth-order valence-electron chi connectivity index (χ4n) is 2.25. The van der Waals surface area contributed by atoms with E-state index >= 15 is 0 Å². The number of hydrogen-bond acceptors (Lipinski definition) is 3. The molecular weight excluding hydrogens is 385 g/mol. The molecule has 0 bridgehead atoms. The number of hydrogen-bond donors (Lipinski definition) is 2. The van der Waals surface area contributed by atoms with Crippen molar-refractivity contribution in [1.29, 1.82) is 0 Å². The van der Waals surface area contributed by atoms with Gasteiger partial charge in [-0.2, -0.15) is 18.3 Å². The van der Waals surface area contributed by atoms with Crippen LogP contribution in [0.4, 0.5) is 13.2 Å². The molecule has 0 spiro atoms. The lowest BCUT2D eigenvalue weighted by molar-refractivity contribution is -0.143. The van der Waals surface area contributed by atoms with E-state index in [1.165, 1.54) is 24.3 Å². The van der Waals surface area contributed by atoms with Crippen LogP contribution in [0.1, 0.15) is 29.9 Å². The maximum atomic E-state index is 13.5. The van der Waals surface area contributed by atoms with Gasteiger partial charge in [-0.3, -0.25) is 9.59 Å². The van der Waals surface area contributed by atoms with Crippen LogP contribution >= 0.6 is 11.6 Å². The third-order valence-corrected chi connectivity index (χ3v) is 3.80. The Morgan fingerprint density at radius 1 is 1.22 bits per heavy atom. The lowest BCUT2D eigenvalue weighted by Crippen LogP contribution is -2.36. The van der Waals surface area contributed by atoms with Crippen molar-refractivity contribution in [3.8, 4) is 5.69 Å². The van der Waals surface area contributed by atoms with Gasteiger partial charge in [-0.15, -0.1) is 0 Å². The molecule has 1 heterocycles. The number of aromatic nitrogens is 2. The largest absolute Gasteiger partial charge is 0.434 e. The zero-order valence-electron chi connectivity index (χ0n) is 14.6. The van der Waals surface area contributed by atoms with Crippen LogP contribution in [0.15, 0.2) is 30.5 Å². The molecule has 146 valence electrons. The highest BCUT2D eigenvalue weighted by Crippen LogP contribution is 2.34. The van der Waals surface area contributed by atoms with Gasteiger partial charge in [0.1, 0.15) is 0 Å². The monoisotopic (exact) mass is 402 g/mol. The smallest absolute Gasteiger partial charge is 0.354 e. The van der Waals surface area contributed by atoms with Crippen molar-refractivity contribution in [2.45, 2.75) is 20.0 Å². The highest BCUT2D eigenvalue weighted by Gasteiger charge is 2.40. The first kappa shape index (κ1) is 20.8. The molecule has 2 N–H and O–H groups in total. The average Bonchev–Trinajstić information content (AvgIpc) is 3.03.